The molecule has 2 amide bonds. The van der Waals surface area contributed by atoms with Crippen LogP contribution in [0.3, 0.4) is 0 Å². The summed E-state index contributed by atoms with van der Waals surface area (Å²) in [6.07, 6.45) is -0.229. The van der Waals surface area contributed by atoms with Crippen LogP contribution in [0.2, 0.25) is 5.02 Å². The highest BCUT2D eigenvalue weighted by molar-refractivity contribution is 6.31. The molecule has 6 nitrogen and oxygen atoms in total. The van der Waals surface area contributed by atoms with Gasteiger partial charge in [0.05, 0.1) is 13.2 Å². The summed E-state index contributed by atoms with van der Waals surface area (Å²) in [5.41, 5.74) is 0.888. The van der Waals surface area contributed by atoms with Gasteiger partial charge in [-0.2, -0.15) is 0 Å². The van der Waals surface area contributed by atoms with Crippen LogP contribution in [0.25, 0.3) is 0 Å². The zero-order valence-corrected chi connectivity index (χ0v) is 12.8. The number of carbonyl (C=O) groups is 1. The molecule has 1 aromatic heterocycles. The maximum absolute atomic E-state index is 12.3. The summed E-state index contributed by atoms with van der Waals surface area (Å²) >= 11 is 6.20. The third-order valence-corrected chi connectivity index (χ3v) is 3.81. The fourth-order valence-corrected chi connectivity index (χ4v) is 2.63. The monoisotopic (exact) mass is 321 g/mol. The van der Waals surface area contributed by atoms with Gasteiger partial charge >= 0.3 is 6.03 Å². The van der Waals surface area contributed by atoms with Crippen LogP contribution in [0.15, 0.2) is 34.9 Å². The number of benzene rings is 1. The predicted molar refractivity (Wildman–Crippen MR) is 82.0 cm³/mol. The van der Waals surface area contributed by atoms with Crippen molar-refractivity contribution in [1.82, 2.24) is 10.1 Å². The summed E-state index contributed by atoms with van der Waals surface area (Å²) in [6, 6.07) is 8.94. The van der Waals surface area contributed by atoms with Crippen molar-refractivity contribution in [1.29, 1.82) is 0 Å². The molecule has 0 spiro atoms. The minimum absolute atomic E-state index is 0.228. The second kappa shape index (κ2) is 6.37. The van der Waals surface area contributed by atoms with Gasteiger partial charge in [0.25, 0.3) is 0 Å². The number of ether oxygens (including phenoxy) is 1. The Balaban J connectivity index is 1.67. The number of urea groups is 1. The zero-order chi connectivity index (χ0) is 15.5. The van der Waals surface area contributed by atoms with Crippen molar-refractivity contribution in [2.75, 3.05) is 25.0 Å². The number of anilines is 1. The van der Waals surface area contributed by atoms with Gasteiger partial charge in [0.2, 0.25) is 0 Å². The number of carbonyl (C=O) groups excluding carboxylic acids is 1. The molecule has 7 heteroatoms. The largest absolute Gasteiger partial charge is 0.370 e. The summed E-state index contributed by atoms with van der Waals surface area (Å²) in [6.45, 7) is 3.18. The first-order chi connectivity index (χ1) is 10.6. The van der Waals surface area contributed by atoms with E-state index >= 15 is 0 Å². The van der Waals surface area contributed by atoms with E-state index in [1.807, 2.05) is 24.3 Å². The first-order valence-electron chi connectivity index (χ1n) is 6.99. The van der Waals surface area contributed by atoms with Crippen LogP contribution in [0.1, 0.15) is 17.4 Å². The molecule has 2 aromatic rings. The Morgan fingerprint density at radius 1 is 1.45 bits per heavy atom. The molecule has 0 radical (unpaired) electrons. The van der Waals surface area contributed by atoms with Crippen molar-refractivity contribution in [2.45, 2.75) is 13.0 Å². The van der Waals surface area contributed by atoms with E-state index in [0.29, 0.717) is 36.3 Å². The molecule has 1 saturated heterocycles. The molecule has 1 aliphatic heterocycles. The molecule has 1 fully saturated rings. The molecule has 3 rings (SSSR count). The average Bonchev–Trinajstić information content (AvgIpc) is 2.93. The molecule has 1 aromatic carbocycles. The van der Waals surface area contributed by atoms with Crippen molar-refractivity contribution in [3.8, 4) is 0 Å². The Hall–Kier alpha value is -2.05. The summed E-state index contributed by atoms with van der Waals surface area (Å²) in [5, 5.41) is 7.11. The molecule has 1 aliphatic rings. The van der Waals surface area contributed by atoms with Crippen LogP contribution in [0, 0.1) is 6.92 Å². The number of morpholine rings is 1. The molecule has 22 heavy (non-hydrogen) atoms. The Kier molecular flexibility index (Phi) is 4.31. The highest BCUT2D eigenvalue weighted by atomic mass is 35.5. The third-order valence-electron chi connectivity index (χ3n) is 3.47. The van der Waals surface area contributed by atoms with Gasteiger partial charge in [0, 0.05) is 23.2 Å². The van der Waals surface area contributed by atoms with Crippen molar-refractivity contribution in [3.63, 3.8) is 0 Å². The first kappa shape index (κ1) is 14.9. The molecular formula is C15H16ClN3O3. The SMILES string of the molecule is Cc1cc(NC(=O)N2CCO[C@H](c3ccccc3Cl)C2)no1. The van der Waals surface area contributed by atoms with E-state index in [0.717, 1.165) is 5.56 Å². The topological polar surface area (TPSA) is 67.6 Å². The summed E-state index contributed by atoms with van der Waals surface area (Å²) < 4.78 is 10.7. The highest BCUT2D eigenvalue weighted by Crippen LogP contribution is 2.28. The van der Waals surface area contributed by atoms with Crippen LogP contribution in [-0.2, 0) is 4.74 Å². The number of nitrogens with one attached hydrogen (secondary N) is 1. The minimum Gasteiger partial charge on any atom is -0.370 e. The summed E-state index contributed by atoms with van der Waals surface area (Å²) in [5.74, 6) is 1.05. The van der Waals surface area contributed by atoms with Gasteiger partial charge in [-0.15, -0.1) is 0 Å². The van der Waals surface area contributed by atoms with E-state index in [2.05, 4.69) is 10.5 Å². The van der Waals surface area contributed by atoms with Crippen molar-refractivity contribution < 1.29 is 14.1 Å². The van der Waals surface area contributed by atoms with Gasteiger partial charge in [-0.05, 0) is 13.0 Å². The molecule has 0 bridgehead atoms. The lowest BCUT2D eigenvalue weighted by Gasteiger charge is -2.33. The van der Waals surface area contributed by atoms with Crippen LogP contribution in [0.4, 0.5) is 10.6 Å². The number of halogens is 1. The van der Waals surface area contributed by atoms with Gasteiger partial charge in [0.15, 0.2) is 5.82 Å². The molecular weight excluding hydrogens is 306 g/mol. The Morgan fingerprint density at radius 3 is 3.00 bits per heavy atom. The van der Waals surface area contributed by atoms with E-state index in [4.69, 9.17) is 20.9 Å². The number of hydrogen-bond acceptors (Lipinski definition) is 4. The fourth-order valence-electron chi connectivity index (χ4n) is 2.37. The van der Waals surface area contributed by atoms with Crippen molar-refractivity contribution in [2.24, 2.45) is 0 Å². The first-order valence-corrected chi connectivity index (χ1v) is 7.36. The quantitative estimate of drug-likeness (QED) is 0.922. The van der Waals surface area contributed by atoms with E-state index < -0.39 is 0 Å². The molecule has 0 aliphatic carbocycles. The van der Waals surface area contributed by atoms with Crippen LogP contribution in [-0.4, -0.2) is 35.8 Å². The Bertz CT molecular complexity index is 674. The molecule has 116 valence electrons. The van der Waals surface area contributed by atoms with Crippen LogP contribution >= 0.6 is 11.6 Å². The zero-order valence-electron chi connectivity index (χ0n) is 12.1. The van der Waals surface area contributed by atoms with Crippen LogP contribution < -0.4 is 5.32 Å². The average molecular weight is 322 g/mol. The predicted octanol–water partition coefficient (Wildman–Crippen LogP) is 3.24. The number of rotatable bonds is 2. The second-order valence-electron chi connectivity index (χ2n) is 5.08. The van der Waals surface area contributed by atoms with E-state index in [1.54, 1.807) is 17.9 Å². The Morgan fingerprint density at radius 2 is 2.27 bits per heavy atom. The smallest absolute Gasteiger partial charge is 0.323 e. The fraction of sp³-hybridized carbons (Fsp3) is 0.333. The number of nitrogens with zero attached hydrogens (tertiary/aromatic N) is 2. The van der Waals surface area contributed by atoms with Gasteiger partial charge in [-0.3, -0.25) is 5.32 Å². The second-order valence-corrected chi connectivity index (χ2v) is 5.49. The van der Waals surface area contributed by atoms with Crippen molar-refractivity contribution in [3.05, 3.63) is 46.7 Å². The number of amides is 2. The lowest BCUT2D eigenvalue weighted by Crippen LogP contribution is -2.44. The van der Waals surface area contributed by atoms with E-state index in [-0.39, 0.29) is 12.1 Å². The standard InChI is InChI=1S/C15H16ClN3O3/c1-10-8-14(18-22-10)17-15(20)19-6-7-21-13(9-19)11-4-2-3-5-12(11)16/h2-5,8,13H,6-7,9H2,1H3,(H,17,18,20)/t13-/m0/s1. The van der Waals surface area contributed by atoms with Gasteiger partial charge in [-0.1, -0.05) is 35.0 Å². The van der Waals surface area contributed by atoms with Gasteiger partial charge in [0.1, 0.15) is 11.9 Å². The molecule has 2 heterocycles. The normalized spacial score (nSPS) is 18.3. The molecule has 1 atom stereocenters. The molecule has 1 N–H and O–H groups in total. The summed E-state index contributed by atoms with van der Waals surface area (Å²) in [4.78, 5) is 14.0. The maximum atomic E-state index is 12.3. The van der Waals surface area contributed by atoms with E-state index in [9.17, 15) is 4.79 Å². The van der Waals surface area contributed by atoms with Gasteiger partial charge < -0.3 is 14.2 Å². The minimum atomic E-state index is -0.229. The highest BCUT2D eigenvalue weighted by Gasteiger charge is 2.27. The lowest BCUT2D eigenvalue weighted by atomic mass is 10.1. The molecule has 0 saturated carbocycles. The summed E-state index contributed by atoms with van der Waals surface area (Å²) in [7, 11) is 0. The van der Waals surface area contributed by atoms with Crippen LogP contribution in [0.5, 0.6) is 0 Å². The number of aromatic nitrogens is 1. The van der Waals surface area contributed by atoms with Gasteiger partial charge in [-0.25, -0.2) is 4.79 Å². The molecule has 0 unspecified atom stereocenters. The maximum Gasteiger partial charge on any atom is 0.323 e. The van der Waals surface area contributed by atoms with E-state index in [1.165, 1.54) is 0 Å². The number of aryl methyl sites for hydroxylation is 1. The lowest BCUT2D eigenvalue weighted by molar-refractivity contribution is -0.0134. The Labute approximate surface area is 133 Å². The third kappa shape index (κ3) is 3.23. The number of hydrogen-bond donors (Lipinski definition) is 1. The van der Waals surface area contributed by atoms with Crippen molar-refractivity contribution >= 4 is 23.4 Å².